The Morgan fingerprint density at radius 1 is 1.04 bits per heavy atom. The maximum absolute atomic E-state index is 13.7. The van der Waals surface area contributed by atoms with Gasteiger partial charge in [-0.15, -0.1) is 0 Å². The van der Waals surface area contributed by atoms with Crippen LogP contribution >= 0.6 is 0 Å². The SMILES string of the molecule is O=S(=O)(c1ccccc1N1CCC(Oc2ccc(F)cc2F)CC1)C(F)F. The van der Waals surface area contributed by atoms with E-state index >= 15 is 0 Å². The van der Waals surface area contributed by atoms with E-state index in [0.29, 0.717) is 25.9 Å². The van der Waals surface area contributed by atoms with Crippen molar-refractivity contribution in [1.29, 1.82) is 0 Å². The van der Waals surface area contributed by atoms with Crippen LogP contribution < -0.4 is 9.64 Å². The Labute approximate surface area is 154 Å². The smallest absolute Gasteiger partial charge is 0.341 e. The molecule has 0 bridgehead atoms. The molecule has 0 radical (unpaired) electrons. The molecule has 0 unspecified atom stereocenters. The maximum atomic E-state index is 13.7. The maximum Gasteiger partial charge on any atom is 0.341 e. The van der Waals surface area contributed by atoms with E-state index in [2.05, 4.69) is 0 Å². The second-order valence-electron chi connectivity index (χ2n) is 6.15. The van der Waals surface area contributed by atoms with Crippen molar-refractivity contribution in [2.45, 2.75) is 29.6 Å². The fourth-order valence-corrected chi connectivity index (χ4v) is 3.97. The molecule has 0 spiro atoms. The Morgan fingerprint density at radius 3 is 2.33 bits per heavy atom. The average Bonchev–Trinajstić information content (AvgIpc) is 2.64. The highest BCUT2D eigenvalue weighted by atomic mass is 32.2. The molecule has 0 N–H and O–H groups in total. The van der Waals surface area contributed by atoms with Crippen LogP contribution in [0, 0.1) is 11.6 Å². The summed E-state index contributed by atoms with van der Waals surface area (Å²) in [6, 6.07) is 8.65. The lowest BCUT2D eigenvalue weighted by molar-refractivity contribution is 0.163. The van der Waals surface area contributed by atoms with Crippen LogP contribution in [0.5, 0.6) is 5.75 Å². The van der Waals surface area contributed by atoms with Crippen LogP contribution in [-0.2, 0) is 9.84 Å². The number of ether oxygens (including phenoxy) is 1. The number of piperidine rings is 1. The third-order valence-electron chi connectivity index (χ3n) is 4.38. The zero-order chi connectivity index (χ0) is 19.6. The van der Waals surface area contributed by atoms with Gasteiger partial charge in [-0.2, -0.15) is 8.78 Å². The summed E-state index contributed by atoms with van der Waals surface area (Å²) in [7, 11) is -4.72. The van der Waals surface area contributed by atoms with Gasteiger partial charge >= 0.3 is 5.76 Å². The highest BCUT2D eigenvalue weighted by molar-refractivity contribution is 7.91. The molecule has 1 heterocycles. The molecule has 0 atom stereocenters. The Morgan fingerprint density at radius 2 is 1.70 bits per heavy atom. The minimum Gasteiger partial charge on any atom is -0.487 e. The monoisotopic (exact) mass is 403 g/mol. The number of para-hydroxylation sites is 1. The summed E-state index contributed by atoms with van der Waals surface area (Å²) in [5.41, 5.74) is 0.212. The van der Waals surface area contributed by atoms with Gasteiger partial charge in [-0.1, -0.05) is 12.1 Å². The van der Waals surface area contributed by atoms with Crippen LogP contribution in [-0.4, -0.2) is 33.4 Å². The number of halogens is 4. The van der Waals surface area contributed by atoms with Gasteiger partial charge in [0.15, 0.2) is 11.6 Å². The number of hydrogen-bond acceptors (Lipinski definition) is 4. The predicted octanol–water partition coefficient (Wildman–Crippen LogP) is 4.01. The van der Waals surface area contributed by atoms with E-state index in [-0.39, 0.29) is 17.5 Å². The van der Waals surface area contributed by atoms with E-state index in [1.54, 1.807) is 11.0 Å². The summed E-state index contributed by atoms with van der Waals surface area (Å²) in [5.74, 6) is -5.06. The Kier molecular flexibility index (Phi) is 5.59. The van der Waals surface area contributed by atoms with Gasteiger partial charge in [-0.25, -0.2) is 17.2 Å². The van der Waals surface area contributed by atoms with Crippen molar-refractivity contribution in [1.82, 2.24) is 0 Å². The molecule has 2 aromatic rings. The third kappa shape index (κ3) is 4.18. The molecule has 4 nitrogen and oxygen atoms in total. The van der Waals surface area contributed by atoms with Gasteiger partial charge in [0.2, 0.25) is 9.84 Å². The molecule has 0 aromatic heterocycles. The van der Waals surface area contributed by atoms with Gasteiger partial charge in [-0.05, 0) is 24.3 Å². The average molecular weight is 403 g/mol. The van der Waals surface area contributed by atoms with Crippen molar-refractivity contribution in [3.63, 3.8) is 0 Å². The van der Waals surface area contributed by atoms with E-state index in [0.717, 1.165) is 18.2 Å². The summed E-state index contributed by atoms with van der Waals surface area (Å²) in [4.78, 5) is 1.28. The van der Waals surface area contributed by atoms with Crippen LogP contribution in [0.25, 0.3) is 0 Å². The predicted molar refractivity (Wildman–Crippen MR) is 91.9 cm³/mol. The Bertz CT molecular complexity index is 913. The van der Waals surface area contributed by atoms with Gasteiger partial charge in [0.05, 0.1) is 10.6 Å². The van der Waals surface area contributed by atoms with Crippen molar-refractivity contribution >= 4 is 15.5 Å². The molecule has 1 aliphatic rings. The molecule has 3 rings (SSSR count). The minimum absolute atomic E-state index is 0.0597. The van der Waals surface area contributed by atoms with Gasteiger partial charge in [-0.3, -0.25) is 0 Å². The van der Waals surface area contributed by atoms with Crippen molar-refractivity contribution < 1.29 is 30.7 Å². The highest BCUT2D eigenvalue weighted by Gasteiger charge is 2.32. The second kappa shape index (κ2) is 7.75. The van der Waals surface area contributed by atoms with Crippen LogP contribution in [0.3, 0.4) is 0 Å². The zero-order valence-electron chi connectivity index (χ0n) is 14.1. The lowest BCUT2D eigenvalue weighted by Gasteiger charge is -2.34. The fraction of sp³-hybridized carbons (Fsp3) is 0.333. The van der Waals surface area contributed by atoms with Crippen LogP contribution in [0.2, 0.25) is 0 Å². The molecular weight excluding hydrogens is 386 g/mol. The van der Waals surface area contributed by atoms with Gasteiger partial charge < -0.3 is 9.64 Å². The molecule has 1 saturated heterocycles. The molecule has 9 heteroatoms. The number of hydrogen-bond donors (Lipinski definition) is 0. The molecule has 27 heavy (non-hydrogen) atoms. The van der Waals surface area contributed by atoms with Crippen molar-refractivity contribution in [3.05, 3.63) is 54.1 Å². The molecular formula is C18H17F4NO3S. The van der Waals surface area contributed by atoms with Gasteiger partial charge in [0.1, 0.15) is 11.9 Å². The minimum atomic E-state index is -4.72. The van der Waals surface area contributed by atoms with E-state index in [1.165, 1.54) is 18.2 Å². The van der Waals surface area contributed by atoms with E-state index in [1.807, 2.05) is 0 Å². The van der Waals surface area contributed by atoms with Crippen molar-refractivity contribution in [2.75, 3.05) is 18.0 Å². The standard InChI is InChI=1S/C18H17F4NO3S/c19-12-5-6-16(14(20)11-12)26-13-7-9-23(10-8-13)15-3-1-2-4-17(15)27(24,25)18(21)22/h1-6,11,13,18H,7-10H2. The number of sulfone groups is 1. The third-order valence-corrected chi connectivity index (χ3v) is 5.80. The van der Waals surface area contributed by atoms with Crippen molar-refractivity contribution in [3.8, 4) is 5.75 Å². The first kappa shape index (κ1) is 19.5. The van der Waals surface area contributed by atoms with Crippen molar-refractivity contribution in [2.24, 2.45) is 0 Å². The first-order chi connectivity index (χ1) is 12.8. The quantitative estimate of drug-likeness (QED) is 0.708. The number of alkyl halides is 2. The number of rotatable bonds is 5. The van der Waals surface area contributed by atoms with Crippen LogP contribution in [0.1, 0.15) is 12.8 Å². The second-order valence-corrected chi connectivity index (χ2v) is 8.04. The van der Waals surface area contributed by atoms with Crippen LogP contribution in [0.15, 0.2) is 47.4 Å². The lowest BCUT2D eigenvalue weighted by Crippen LogP contribution is -2.39. The largest absolute Gasteiger partial charge is 0.487 e. The van der Waals surface area contributed by atoms with E-state index in [9.17, 15) is 26.0 Å². The summed E-state index contributed by atoms with van der Waals surface area (Å²) in [6.07, 6.45) is 0.514. The zero-order valence-corrected chi connectivity index (χ0v) is 14.9. The Hall–Kier alpha value is -2.29. The Balaban J connectivity index is 1.71. The normalized spacial score (nSPS) is 16.0. The number of benzene rings is 2. The number of anilines is 1. The molecule has 0 saturated carbocycles. The first-order valence-corrected chi connectivity index (χ1v) is 9.81. The summed E-state index contributed by atoms with van der Waals surface area (Å²) >= 11 is 0. The van der Waals surface area contributed by atoms with Gasteiger partial charge in [0.25, 0.3) is 0 Å². The number of nitrogens with zero attached hydrogens (tertiary/aromatic N) is 1. The molecule has 1 fully saturated rings. The summed E-state index contributed by atoms with van der Waals surface area (Å²) in [5, 5.41) is 0. The van der Waals surface area contributed by atoms with E-state index < -0.39 is 32.1 Å². The summed E-state index contributed by atoms with van der Waals surface area (Å²) < 4.78 is 81.8. The van der Waals surface area contributed by atoms with E-state index in [4.69, 9.17) is 4.74 Å². The molecule has 146 valence electrons. The van der Waals surface area contributed by atoms with Gasteiger partial charge in [0, 0.05) is 32.0 Å². The molecule has 1 aliphatic heterocycles. The lowest BCUT2D eigenvalue weighted by atomic mass is 10.1. The van der Waals surface area contributed by atoms with Crippen LogP contribution in [0.4, 0.5) is 23.2 Å². The molecule has 2 aromatic carbocycles. The molecule has 0 amide bonds. The topological polar surface area (TPSA) is 46.6 Å². The summed E-state index contributed by atoms with van der Waals surface area (Å²) in [6.45, 7) is 0.701. The first-order valence-electron chi connectivity index (χ1n) is 8.27. The fourth-order valence-electron chi connectivity index (χ4n) is 3.02. The molecule has 0 aliphatic carbocycles. The highest BCUT2D eigenvalue weighted by Crippen LogP contribution is 2.32.